The highest BCUT2D eigenvalue weighted by atomic mass is 16.5. The quantitative estimate of drug-likeness (QED) is 0.664. The Morgan fingerprint density at radius 3 is 2.32 bits per heavy atom. The summed E-state index contributed by atoms with van der Waals surface area (Å²) in [6.07, 6.45) is 4.37. The van der Waals surface area contributed by atoms with E-state index in [1.807, 2.05) is 29.3 Å². The van der Waals surface area contributed by atoms with E-state index in [1.54, 1.807) is 10.9 Å². The van der Waals surface area contributed by atoms with Gasteiger partial charge in [0.25, 0.3) is 0 Å². The summed E-state index contributed by atoms with van der Waals surface area (Å²) in [5.74, 6) is 0.335. The monoisotopic (exact) mass is 375 g/mol. The predicted molar refractivity (Wildman–Crippen MR) is 108 cm³/mol. The average molecular weight is 375 g/mol. The van der Waals surface area contributed by atoms with Gasteiger partial charge in [-0.3, -0.25) is 9.48 Å². The number of hydrogen-bond acceptors (Lipinski definition) is 3. The maximum Gasteiger partial charge on any atom is 0.244 e. The number of hydrogen-bond donors (Lipinski definition) is 0. The highest BCUT2D eigenvalue weighted by Gasteiger charge is 2.28. The molecule has 1 amide bonds. The van der Waals surface area contributed by atoms with E-state index in [2.05, 4.69) is 53.6 Å². The second kappa shape index (κ2) is 8.85. The van der Waals surface area contributed by atoms with Gasteiger partial charge in [-0.1, -0.05) is 60.7 Å². The second-order valence-corrected chi connectivity index (χ2v) is 7.15. The van der Waals surface area contributed by atoms with Gasteiger partial charge >= 0.3 is 0 Å². The molecule has 5 nitrogen and oxygen atoms in total. The minimum absolute atomic E-state index is 0.0146. The minimum atomic E-state index is 0.0146. The predicted octanol–water partition coefficient (Wildman–Crippen LogP) is 3.33. The first kappa shape index (κ1) is 18.4. The molecule has 1 aliphatic rings. The topological polar surface area (TPSA) is 47.4 Å². The Morgan fingerprint density at radius 2 is 1.71 bits per heavy atom. The number of amides is 1. The van der Waals surface area contributed by atoms with Crippen LogP contribution in [0, 0.1) is 0 Å². The van der Waals surface area contributed by atoms with E-state index in [9.17, 15) is 4.79 Å². The molecule has 0 bridgehead atoms. The van der Waals surface area contributed by atoms with Crippen LogP contribution in [0.3, 0.4) is 0 Å². The van der Waals surface area contributed by atoms with Crippen LogP contribution in [0.2, 0.25) is 0 Å². The molecular weight excluding hydrogens is 350 g/mol. The van der Waals surface area contributed by atoms with Gasteiger partial charge in [-0.15, -0.1) is 0 Å². The lowest BCUT2D eigenvalue weighted by Gasteiger charge is -2.35. The van der Waals surface area contributed by atoms with Crippen molar-refractivity contribution in [3.8, 4) is 0 Å². The van der Waals surface area contributed by atoms with Gasteiger partial charge in [0.15, 0.2) is 0 Å². The summed E-state index contributed by atoms with van der Waals surface area (Å²) < 4.78 is 7.72. The number of carbonyl (C=O) groups excluding carboxylic acids is 1. The van der Waals surface area contributed by atoms with Crippen LogP contribution >= 0.6 is 0 Å². The van der Waals surface area contributed by atoms with Crippen molar-refractivity contribution >= 4 is 5.91 Å². The zero-order valence-corrected chi connectivity index (χ0v) is 15.9. The van der Waals surface area contributed by atoms with Crippen LogP contribution in [0.4, 0.5) is 0 Å². The molecule has 1 aromatic heterocycles. The van der Waals surface area contributed by atoms with E-state index in [0.29, 0.717) is 19.7 Å². The number of benzene rings is 2. The van der Waals surface area contributed by atoms with Crippen molar-refractivity contribution in [2.45, 2.75) is 25.0 Å². The van der Waals surface area contributed by atoms with Crippen LogP contribution in [-0.4, -0.2) is 46.4 Å². The van der Waals surface area contributed by atoms with Crippen molar-refractivity contribution in [1.82, 2.24) is 14.7 Å². The first-order chi connectivity index (χ1) is 13.8. The summed E-state index contributed by atoms with van der Waals surface area (Å²) in [7, 11) is 0. The lowest BCUT2D eigenvalue weighted by Crippen LogP contribution is -2.47. The summed E-state index contributed by atoms with van der Waals surface area (Å²) in [5.41, 5.74) is 2.55. The van der Waals surface area contributed by atoms with Gasteiger partial charge in [-0.05, 0) is 23.6 Å². The van der Waals surface area contributed by atoms with Crippen molar-refractivity contribution in [3.05, 3.63) is 90.3 Å². The van der Waals surface area contributed by atoms with E-state index >= 15 is 0 Å². The van der Waals surface area contributed by atoms with Gasteiger partial charge < -0.3 is 9.64 Å². The molecule has 0 radical (unpaired) electrons. The fourth-order valence-electron chi connectivity index (χ4n) is 3.82. The van der Waals surface area contributed by atoms with Gasteiger partial charge in [0, 0.05) is 31.4 Å². The standard InChI is InChI=1S/C23H25N3O2/c27-23(18-26-13-7-12-24-26)25-14-15-28-21(17-25)16-22(19-8-3-1-4-9-19)20-10-5-2-6-11-20/h1-13,21-22H,14-18H2/t21-/m0/s1. The van der Waals surface area contributed by atoms with Crippen LogP contribution in [0.25, 0.3) is 0 Å². The number of ether oxygens (including phenoxy) is 1. The molecule has 1 atom stereocenters. The maximum absolute atomic E-state index is 12.6. The zero-order chi connectivity index (χ0) is 19.2. The number of nitrogens with zero attached hydrogens (tertiary/aromatic N) is 3. The first-order valence-corrected chi connectivity index (χ1v) is 9.76. The molecule has 0 N–H and O–H groups in total. The minimum Gasteiger partial charge on any atom is -0.375 e. The van der Waals surface area contributed by atoms with Gasteiger partial charge in [0.05, 0.1) is 12.7 Å². The maximum atomic E-state index is 12.6. The smallest absolute Gasteiger partial charge is 0.244 e. The third kappa shape index (κ3) is 4.49. The third-order valence-corrected chi connectivity index (χ3v) is 5.25. The Hall–Kier alpha value is -2.92. The Balaban J connectivity index is 1.46. The molecule has 1 aliphatic heterocycles. The number of carbonyl (C=O) groups is 1. The molecule has 2 aromatic carbocycles. The number of aromatic nitrogens is 2. The molecule has 28 heavy (non-hydrogen) atoms. The number of rotatable bonds is 6. The van der Waals surface area contributed by atoms with Crippen LogP contribution in [0.15, 0.2) is 79.1 Å². The fraction of sp³-hybridized carbons (Fsp3) is 0.304. The summed E-state index contributed by atoms with van der Waals surface area (Å²) in [6, 6.07) is 22.9. The van der Waals surface area contributed by atoms with Crippen molar-refractivity contribution in [2.75, 3.05) is 19.7 Å². The molecule has 144 valence electrons. The van der Waals surface area contributed by atoms with E-state index in [1.165, 1.54) is 11.1 Å². The van der Waals surface area contributed by atoms with Crippen molar-refractivity contribution < 1.29 is 9.53 Å². The molecule has 4 rings (SSSR count). The lowest BCUT2D eigenvalue weighted by molar-refractivity contribution is -0.139. The number of morpholine rings is 1. The van der Waals surface area contributed by atoms with E-state index in [0.717, 1.165) is 6.42 Å². The molecule has 0 aliphatic carbocycles. The highest BCUT2D eigenvalue weighted by molar-refractivity contribution is 5.76. The molecule has 0 saturated carbocycles. The largest absolute Gasteiger partial charge is 0.375 e. The molecule has 5 heteroatoms. The zero-order valence-electron chi connectivity index (χ0n) is 15.9. The molecular formula is C23H25N3O2. The second-order valence-electron chi connectivity index (χ2n) is 7.15. The molecule has 0 spiro atoms. The van der Waals surface area contributed by atoms with Crippen molar-refractivity contribution in [3.63, 3.8) is 0 Å². The Labute approximate surface area is 165 Å². The van der Waals surface area contributed by atoms with E-state index in [-0.39, 0.29) is 24.5 Å². The molecule has 2 heterocycles. The Kier molecular flexibility index (Phi) is 5.83. The fourth-order valence-corrected chi connectivity index (χ4v) is 3.82. The normalized spacial score (nSPS) is 17.0. The van der Waals surface area contributed by atoms with Crippen LogP contribution in [0.1, 0.15) is 23.5 Å². The Bertz CT molecular complexity index is 826. The van der Waals surface area contributed by atoms with E-state index < -0.39 is 0 Å². The summed E-state index contributed by atoms with van der Waals surface area (Å²) in [6.45, 7) is 2.11. The summed E-state index contributed by atoms with van der Waals surface area (Å²) in [4.78, 5) is 14.6. The molecule has 0 unspecified atom stereocenters. The lowest BCUT2D eigenvalue weighted by atomic mass is 9.86. The van der Waals surface area contributed by atoms with Crippen LogP contribution in [-0.2, 0) is 16.1 Å². The molecule has 1 saturated heterocycles. The van der Waals surface area contributed by atoms with Gasteiger partial charge in [-0.25, -0.2) is 0 Å². The SMILES string of the molecule is O=C(Cn1cccn1)N1CCO[C@@H](CC(c2ccccc2)c2ccccc2)C1. The molecule has 1 fully saturated rings. The van der Waals surface area contributed by atoms with Crippen molar-refractivity contribution in [1.29, 1.82) is 0 Å². The van der Waals surface area contributed by atoms with Crippen molar-refractivity contribution in [2.24, 2.45) is 0 Å². The Morgan fingerprint density at radius 1 is 1.04 bits per heavy atom. The summed E-state index contributed by atoms with van der Waals surface area (Å²) >= 11 is 0. The highest BCUT2D eigenvalue weighted by Crippen LogP contribution is 2.30. The third-order valence-electron chi connectivity index (χ3n) is 5.25. The van der Waals surface area contributed by atoms with Gasteiger partial charge in [0.2, 0.25) is 5.91 Å². The first-order valence-electron chi connectivity index (χ1n) is 9.76. The van der Waals surface area contributed by atoms with Crippen LogP contribution in [0.5, 0.6) is 0 Å². The van der Waals surface area contributed by atoms with E-state index in [4.69, 9.17) is 4.74 Å². The summed E-state index contributed by atoms with van der Waals surface area (Å²) in [5, 5.41) is 4.14. The van der Waals surface area contributed by atoms with Gasteiger partial charge in [0.1, 0.15) is 6.54 Å². The van der Waals surface area contributed by atoms with Gasteiger partial charge in [-0.2, -0.15) is 5.10 Å². The van der Waals surface area contributed by atoms with Crippen LogP contribution < -0.4 is 0 Å². The average Bonchev–Trinajstić information content (AvgIpc) is 3.26. The molecule has 3 aromatic rings.